The molecule has 0 aliphatic carbocycles. The third-order valence-electron chi connectivity index (χ3n) is 2.22. The van der Waals surface area contributed by atoms with Crippen molar-refractivity contribution in [2.24, 2.45) is 0 Å². The topological polar surface area (TPSA) is 34.9 Å². The van der Waals surface area contributed by atoms with Gasteiger partial charge in [0.2, 0.25) is 0 Å². The highest BCUT2D eigenvalue weighted by Crippen LogP contribution is 2.07. The Hall–Kier alpha value is -1.64. The van der Waals surface area contributed by atoms with E-state index in [2.05, 4.69) is 11.1 Å². The summed E-state index contributed by atoms with van der Waals surface area (Å²) in [5, 5.41) is 0.639. The lowest BCUT2D eigenvalue weighted by Crippen LogP contribution is -2.09. The Morgan fingerprint density at radius 1 is 1.50 bits per heavy atom. The minimum atomic E-state index is -0.0859. The third-order valence-corrected chi connectivity index (χ3v) is 2.22. The summed E-state index contributed by atoms with van der Waals surface area (Å²) in [7, 11) is 0. The van der Waals surface area contributed by atoms with Crippen LogP contribution in [0.3, 0.4) is 0 Å². The molecular formula is C11H11N2O. The SMILES string of the molecule is CCn1c[c]c(=O)c2ccc(C)nc21. The molecule has 2 rings (SSSR count). The number of aromatic nitrogens is 2. The number of hydrogen-bond donors (Lipinski definition) is 0. The molecule has 0 aliphatic rings. The zero-order valence-electron chi connectivity index (χ0n) is 8.24. The fourth-order valence-corrected chi connectivity index (χ4v) is 1.46. The van der Waals surface area contributed by atoms with Crippen LogP contribution in [0.2, 0.25) is 0 Å². The second kappa shape index (κ2) is 3.25. The number of nitrogens with zero attached hydrogens (tertiary/aromatic N) is 2. The molecule has 0 saturated carbocycles. The average molecular weight is 187 g/mol. The molecule has 0 N–H and O–H groups in total. The van der Waals surface area contributed by atoms with Gasteiger partial charge in [-0.2, -0.15) is 0 Å². The van der Waals surface area contributed by atoms with Crippen LogP contribution >= 0.6 is 0 Å². The maximum atomic E-state index is 11.4. The van der Waals surface area contributed by atoms with E-state index in [1.54, 1.807) is 6.20 Å². The van der Waals surface area contributed by atoms with Crippen LogP contribution < -0.4 is 5.43 Å². The van der Waals surface area contributed by atoms with E-state index in [4.69, 9.17) is 0 Å². The van der Waals surface area contributed by atoms with Gasteiger partial charge >= 0.3 is 0 Å². The second-order valence-corrected chi connectivity index (χ2v) is 3.21. The predicted molar refractivity (Wildman–Crippen MR) is 55.3 cm³/mol. The number of rotatable bonds is 1. The summed E-state index contributed by atoms with van der Waals surface area (Å²) in [5.74, 6) is 0. The van der Waals surface area contributed by atoms with Crippen molar-refractivity contribution in [2.45, 2.75) is 20.4 Å². The van der Waals surface area contributed by atoms with Gasteiger partial charge in [0.25, 0.3) is 0 Å². The van der Waals surface area contributed by atoms with E-state index in [0.717, 1.165) is 17.9 Å². The van der Waals surface area contributed by atoms with Crippen LogP contribution in [0, 0.1) is 13.0 Å². The first kappa shape index (κ1) is 8.94. The number of fused-ring (bicyclic) bond motifs is 1. The molecule has 0 atom stereocenters. The van der Waals surface area contributed by atoms with E-state index in [1.165, 1.54) is 0 Å². The van der Waals surface area contributed by atoms with Crippen LogP contribution in [0.5, 0.6) is 0 Å². The standard InChI is InChI=1S/C11H11N2O/c1-3-13-7-6-10(14)9-5-4-8(2)12-11(9)13/h4-5,7H,3H2,1-2H3. The first-order valence-corrected chi connectivity index (χ1v) is 4.61. The Kier molecular flexibility index (Phi) is 2.08. The summed E-state index contributed by atoms with van der Waals surface area (Å²) in [4.78, 5) is 15.8. The fraction of sp³-hybridized carbons (Fsp3) is 0.273. The summed E-state index contributed by atoms with van der Waals surface area (Å²) in [5.41, 5.74) is 1.58. The van der Waals surface area contributed by atoms with Gasteiger partial charge in [0.05, 0.1) is 11.5 Å². The van der Waals surface area contributed by atoms with Gasteiger partial charge < -0.3 is 4.57 Å². The highest BCUT2D eigenvalue weighted by Gasteiger charge is 2.02. The minimum absolute atomic E-state index is 0.0859. The first-order valence-electron chi connectivity index (χ1n) is 4.61. The van der Waals surface area contributed by atoms with Crippen molar-refractivity contribution < 1.29 is 0 Å². The lowest BCUT2D eigenvalue weighted by molar-refractivity contribution is 0.774. The van der Waals surface area contributed by atoms with E-state index in [0.29, 0.717) is 5.39 Å². The average Bonchev–Trinajstić information content (AvgIpc) is 2.18. The molecule has 1 radical (unpaired) electrons. The molecule has 0 aliphatic heterocycles. The van der Waals surface area contributed by atoms with E-state index in [-0.39, 0.29) is 5.43 Å². The molecule has 0 saturated heterocycles. The molecule has 0 fully saturated rings. The van der Waals surface area contributed by atoms with Gasteiger partial charge in [-0.3, -0.25) is 4.79 Å². The largest absolute Gasteiger partial charge is 0.332 e. The lowest BCUT2D eigenvalue weighted by atomic mass is 10.2. The molecule has 0 bridgehead atoms. The van der Waals surface area contributed by atoms with Crippen LogP contribution in [0.25, 0.3) is 11.0 Å². The maximum absolute atomic E-state index is 11.4. The van der Waals surface area contributed by atoms with Crippen LogP contribution in [-0.4, -0.2) is 9.55 Å². The molecule has 2 heterocycles. The summed E-state index contributed by atoms with van der Waals surface area (Å²) in [6.45, 7) is 4.73. The van der Waals surface area contributed by atoms with Gasteiger partial charge in [-0.05, 0) is 26.0 Å². The summed E-state index contributed by atoms with van der Waals surface area (Å²) in [6.07, 6.45) is 1.66. The molecule has 3 heteroatoms. The number of pyridine rings is 2. The molecule has 71 valence electrons. The van der Waals surface area contributed by atoms with E-state index in [1.807, 2.05) is 30.5 Å². The second-order valence-electron chi connectivity index (χ2n) is 3.21. The summed E-state index contributed by atoms with van der Waals surface area (Å²) in [6, 6.07) is 6.33. The van der Waals surface area contributed by atoms with Crippen LogP contribution in [0.15, 0.2) is 23.1 Å². The fourth-order valence-electron chi connectivity index (χ4n) is 1.46. The number of aryl methyl sites for hydroxylation is 2. The minimum Gasteiger partial charge on any atom is -0.332 e. The van der Waals surface area contributed by atoms with Crippen molar-refractivity contribution >= 4 is 11.0 Å². The zero-order chi connectivity index (χ0) is 10.1. The van der Waals surface area contributed by atoms with Gasteiger partial charge in [0.1, 0.15) is 5.65 Å². The molecule has 0 amide bonds. The molecule has 0 unspecified atom stereocenters. The normalized spacial score (nSPS) is 10.7. The van der Waals surface area contributed by atoms with Crippen molar-refractivity contribution in [3.05, 3.63) is 40.3 Å². The van der Waals surface area contributed by atoms with Gasteiger partial charge in [-0.25, -0.2) is 4.98 Å². The quantitative estimate of drug-likeness (QED) is 0.678. The summed E-state index contributed by atoms with van der Waals surface area (Å²) >= 11 is 0. The summed E-state index contributed by atoms with van der Waals surface area (Å²) < 4.78 is 1.92. The van der Waals surface area contributed by atoms with Crippen molar-refractivity contribution in [3.8, 4) is 0 Å². The Balaban J connectivity index is 2.92. The third kappa shape index (κ3) is 1.31. The van der Waals surface area contributed by atoms with Crippen molar-refractivity contribution in [3.63, 3.8) is 0 Å². The molecule has 3 nitrogen and oxygen atoms in total. The van der Waals surface area contributed by atoms with Gasteiger partial charge in [-0.15, -0.1) is 0 Å². The van der Waals surface area contributed by atoms with Crippen molar-refractivity contribution in [1.82, 2.24) is 9.55 Å². The highest BCUT2D eigenvalue weighted by molar-refractivity contribution is 5.74. The molecule has 2 aromatic rings. The molecule has 0 aromatic carbocycles. The Morgan fingerprint density at radius 2 is 2.29 bits per heavy atom. The Morgan fingerprint density at radius 3 is 3.00 bits per heavy atom. The van der Waals surface area contributed by atoms with E-state index in [9.17, 15) is 4.79 Å². The molecular weight excluding hydrogens is 176 g/mol. The molecule has 0 spiro atoms. The predicted octanol–water partition coefficient (Wildman–Crippen LogP) is 1.53. The monoisotopic (exact) mass is 187 g/mol. The van der Waals surface area contributed by atoms with Gasteiger partial charge in [-0.1, -0.05) is 0 Å². The van der Waals surface area contributed by atoms with Crippen LogP contribution in [0.1, 0.15) is 12.6 Å². The van der Waals surface area contributed by atoms with E-state index < -0.39 is 0 Å². The molecule has 2 aromatic heterocycles. The Bertz CT molecular complexity index is 528. The first-order chi connectivity index (χ1) is 6.72. The zero-order valence-corrected chi connectivity index (χ0v) is 8.24. The van der Waals surface area contributed by atoms with Gasteiger partial charge in [0.15, 0.2) is 5.43 Å². The maximum Gasteiger partial charge on any atom is 0.199 e. The number of hydrogen-bond acceptors (Lipinski definition) is 2. The molecule has 14 heavy (non-hydrogen) atoms. The van der Waals surface area contributed by atoms with Gasteiger partial charge in [0, 0.05) is 18.4 Å². The van der Waals surface area contributed by atoms with Crippen molar-refractivity contribution in [2.75, 3.05) is 0 Å². The lowest BCUT2D eigenvalue weighted by Gasteiger charge is -2.06. The van der Waals surface area contributed by atoms with E-state index >= 15 is 0 Å². The smallest absolute Gasteiger partial charge is 0.199 e. The highest BCUT2D eigenvalue weighted by atomic mass is 16.1. The van der Waals surface area contributed by atoms with Crippen molar-refractivity contribution in [1.29, 1.82) is 0 Å². The van der Waals surface area contributed by atoms with Crippen LogP contribution in [-0.2, 0) is 6.54 Å². The Labute approximate surface area is 82.0 Å². The van der Waals surface area contributed by atoms with Crippen LogP contribution in [0.4, 0.5) is 0 Å².